The Hall–Kier alpha value is -2.42. The number of carbonyl (C=O) groups is 2. The van der Waals surface area contributed by atoms with Gasteiger partial charge >= 0.3 is 0 Å². The maximum atomic E-state index is 12.5. The predicted molar refractivity (Wildman–Crippen MR) is 76.0 cm³/mol. The number of para-hydroxylation sites is 1. The Kier molecular flexibility index (Phi) is 2.16. The number of fused-ring (bicyclic) bond motifs is 3. The third kappa shape index (κ3) is 1.35. The first-order chi connectivity index (χ1) is 9.73. The van der Waals surface area contributed by atoms with Crippen molar-refractivity contribution in [3.05, 3.63) is 64.7 Å². The highest BCUT2D eigenvalue weighted by Crippen LogP contribution is 2.47. The van der Waals surface area contributed by atoms with Crippen LogP contribution in [0.1, 0.15) is 27.0 Å². The first-order valence-corrected chi connectivity index (χ1v) is 6.71. The van der Waals surface area contributed by atoms with Crippen LogP contribution in [0.3, 0.4) is 0 Å². The number of benzene rings is 2. The summed E-state index contributed by atoms with van der Waals surface area (Å²) in [6.07, 6.45) is 2.24. The van der Waals surface area contributed by atoms with Crippen LogP contribution in [-0.4, -0.2) is 12.2 Å². The van der Waals surface area contributed by atoms with Crippen LogP contribution in [0.25, 0.3) is 0 Å². The van der Waals surface area contributed by atoms with Crippen molar-refractivity contribution in [2.75, 3.05) is 5.32 Å². The van der Waals surface area contributed by atoms with E-state index in [-0.39, 0.29) is 5.91 Å². The molecule has 1 N–H and O–H groups in total. The Labute approximate surface area is 116 Å². The van der Waals surface area contributed by atoms with Gasteiger partial charge in [-0.25, -0.2) is 0 Å². The van der Waals surface area contributed by atoms with Crippen LogP contribution in [-0.2, 0) is 23.1 Å². The van der Waals surface area contributed by atoms with Crippen molar-refractivity contribution in [1.29, 1.82) is 0 Å². The molecule has 1 aliphatic heterocycles. The third-order valence-corrected chi connectivity index (χ3v) is 4.48. The van der Waals surface area contributed by atoms with E-state index < -0.39 is 5.41 Å². The van der Waals surface area contributed by atoms with E-state index in [9.17, 15) is 9.59 Å². The molecule has 0 radical (unpaired) electrons. The lowest BCUT2D eigenvalue weighted by Crippen LogP contribution is -2.35. The first kappa shape index (κ1) is 11.4. The van der Waals surface area contributed by atoms with Gasteiger partial charge in [-0.3, -0.25) is 9.59 Å². The van der Waals surface area contributed by atoms with Gasteiger partial charge in [-0.1, -0.05) is 30.3 Å². The van der Waals surface area contributed by atoms with Crippen LogP contribution < -0.4 is 5.32 Å². The van der Waals surface area contributed by atoms with Crippen LogP contribution in [0.4, 0.5) is 5.69 Å². The Morgan fingerprint density at radius 3 is 2.70 bits per heavy atom. The zero-order valence-electron chi connectivity index (χ0n) is 10.8. The summed E-state index contributed by atoms with van der Waals surface area (Å²) >= 11 is 0. The maximum Gasteiger partial charge on any atom is 0.235 e. The second kappa shape index (κ2) is 3.79. The number of anilines is 1. The second-order valence-electron chi connectivity index (χ2n) is 5.58. The number of aldehydes is 1. The molecule has 2 aromatic carbocycles. The van der Waals surface area contributed by atoms with E-state index >= 15 is 0 Å². The van der Waals surface area contributed by atoms with E-state index in [1.807, 2.05) is 42.5 Å². The van der Waals surface area contributed by atoms with Gasteiger partial charge in [0.1, 0.15) is 6.29 Å². The van der Waals surface area contributed by atoms with Crippen molar-refractivity contribution < 1.29 is 9.59 Å². The Bertz CT molecular complexity index is 750. The zero-order valence-corrected chi connectivity index (χ0v) is 10.8. The summed E-state index contributed by atoms with van der Waals surface area (Å²) in [6, 6.07) is 13.6. The largest absolute Gasteiger partial charge is 0.325 e. The predicted octanol–water partition coefficient (Wildman–Crippen LogP) is 2.49. The van der Waals surface area contributed by atoms with Gasteiger partial charge in [0.2, 0.25) is 5.91 Å². The summed E-state index contributed by atoms with van der Waals surface area (Å²) in [7, 11) is 0. The lowest BCUT2D eigenvalue weighted by atomic mass is 9.79. The molecule has 98 valence electrons. The maximum absolute atomic E-state index is 12.5. The minimum atomic E-state index is -0.486. The topological polar surface area (TPSA) is 46.2 Å². The van der Waals surface area contributed by atoms with E-state index in [4.69, 9.17) is 0 Å². The molecule has 0 bridgehead atoms. The summed E-state index contributed by atoms with van der Waals surface area (Å²) in [6.45, 7) is 0. The molecule has 4 rings (SSSR count). The molecule has 2 aliphatic rings. The number of rotatable bonds is 1. The molecule has 0 fully saturated rings. The van der Waals surface area contributed by atoms with E-state index in [0.29, 0.717) is 18.4 Å². The summed E-state index contributed by atoms with van der Waals surface area (Å²) in [5, 5.41) is 2.99. The van der Waals surface area contributed by atoms with Crippen molar-refractivity contribution >= 4 is 17.9 Å². The van der Waals surface area contributed by atoms with Crippen molar-refractivity contribution in [2.45, 2.75) is 18.3 Å². The summed E-state index contributed by atoms with van der Waals surface area (Å²) in [5.74, 6) is 0.0718. The van der Waals surface area contributed by atoms with Gasteiger partial charge in [0.25, 0.3) is 0 Å². The molecule has 1 atom stereocenters. The highest BCUT2D eigenvalue weighted by molar-refractivity contribution is 6.07. The molecule has 0 saturated heterocycles. The van der Waals surface area contributed by atoms with E-state index in [1.165, 1.54) is 5.56 Å². The van der Waals surface area contributed by atoms with Crippen molar-refractivity contribution in [1.82, 2.24) is 0 Å². The number of amides is 1. The number of carbonyl (C=O) groups excluding carboxylic acids is 2. The second-order valence-corrected chi connectivity index (χ2v) is 5.58. The van der Waals surface area contributed by atoms with Crippen LogP contribution in [0, 0.1) is 0 Å². The highest BCUT2D eigenvalue weighted by Gasteiger charge is 2.50. The van der Waals surface area contributed by atoms with Gasteiger partial charge in [0.15, 0.2) is 0 Å². The molecule has 2 aromatic rings. The van der Waals surface area contributed by atoms with Crippen molar-refractivity contribution in [3.8, 4) is 0 Å². The van der Waals surface area contributed by atoms with Gasteiger partial charge in [-0.05, 0) is 41.7 Å². The summed E-state index contributed by atoms with van der Waals surface area (Å²) < 4.78 is 0. The van der Waals surface area contributed by atoms with Gasteiger partial charge in [-0.15, -0.1) is 0 Å². The van der Waals surface area contributed by atoms with Gasteiger partial charge in [0, 0.05) is 11.3 Å². The normalized spacial score (nSPS) is 22.5. The SMILES string of the molecule is O=Cc1ccc2c(c1)CC1(C2)C(=O)Nc2ccccc21. The van der Waals surface area contributed by atoms with Crippen LogP contribution in [0.15, 0.2) is 42.5 Å². The quantitative estimate of drug-likeness (QED) is 0.803. The molecule has 0 saturated carbocycles. The molecule has 1 aliphatic carbocycles. The van der Waals surface area contributed by atoms with Gasteiger partial charge < -0.3 is 5.32 Å². The molecule has 3 nitrogen and oxygen atoms in total. The lowest BCUT2D eigenvalue weighted by Gasteiger charge is -2.20. The molecular weight excluding hydrogens is 250 g/mol. The molecular formula is C17H13NO2. The van der Waals surface area contributed by atoms with Gasteiger partial charge in [0.05, 0.1) is 5.41 Å². The minimum Gasteiger partial charge on any atom is -0.325 e. The number of nitrogens with one attached hydrogen (secondary N) is 1. The molecule has 1 amide bonds. The first-order valence-electron chi connectivity index (χ1n) is 6.71. The lowest BCUT2D eigenvalue weighted by molar-refractivity contribution is -0.120. The molecule has 1 spiro atoms. The van der Waals surface area contributed by atoms with Crippen LogP contribution >= 0.6 is 0 Å². The molecule has 1 heterocycles. The average Bonchev–Trinajstić information content (AvgIpc) is 2.98. The average molecular weight is 263 g/mol. The summed E-state index contributed by atoms with van der Waals surface area (Å²) in [4.78, 5) is 23.4. The van der Waals surface area contributed by atoms with Crippen molar-refractivity contribution in [2.24, 2.45) is 0 Å². The highest BCUT2D eigenvalue weighted by atomic mass is 16.2. The van der Waals surface area contributed by atoms with E-state index in [0.717, 1.165) is 23.1 Å². The standard InChI is InChI=1S/C17H13NO2/c19-10-11-5-6-12-8-17(9-13(12)7-11)14-3-1-2-4-15(14)18-16(17)20/h1-7,10H,8-9H2,(H,18,20). The molecule has 20 heavy (non-hydrogen) atoms. The van der Waals surface area contributed by atoms with E-state index in [1.54, 1.807) is 0 Å². The third-order valence-electron chi connectivity index (χ3n) is 4.48. The van der Waals surface area contributed by atoms with Gasteiger partial charge in [-0.2, -0.15) is 0 Å². The Balaban J connectivity index is 1.85. The molecule has 3 heteroatoms. The summed E-state index contributed by atoms with van der Waals surface area (Å²) in [5.41, 5.74) is 4.46. The van der Waals surface area contributed by atoms with Crippen LogP contribution in [0.2, 0.25) is 0 Å². The smallest absolute Gasteiger partial charge is 0.235 e. The monoisotopic (exact) mass is 263 g/mol. The fourth-order valence-corrected chi connectivity index (χ4v) is 3.49. The zero-order chi connectivity index (χ0) is 13.7. The fraction of sp³-hybridized carbons (Fsp3) is 0.176. The van der Waals surface area contributed by atoms with Crippen molar-refractivity contribution in [3.63, 3.8) is 0 Å². The van der Waals surface area contributed by atoms with E-state index in [2.05, 4.69) is 5.32 Å². The molecule has 0 aromatic heterocycles. The van der Waals surface area contributed by atoms with Crippen LogP contribution in [0.5, 0.6) is 0 Å². The fourth-order valence-electron chi connectivity index (χ4n) is 3.49. The number of hydrogen-bond donors (Lipinski definition) is 1. The molecule has 1 unspecified atom stereocenters. The number of hydrogen-bond acceptors (Lipinski definition) is 2. The Morgan fingerprint density at radius 1 is 1.05 bits per heavy atom. The minimum absolute atomic E-state index is 0.0718. The Morgan fingerprint density at radius 2 is 1.85 bits per heavy atom.